The van der Waals surface area contributed by atoms with Gasteiger partial charge in [-0.15, -0.1) is 0 Å². The zero-order chi connectivity index (χ0) is 14.7. The van der Waals surface area contributed by atoms with Crippen LogP contribution in [0.3, 0.4) is 0 Å². The SMILES string of the molecule is COCC(N)C(=O)N1CCc2ccccc2C1C(=O)O. The molecule has 2 atom stereocenters. The second-order valence-electron chi connectivity index (χ2n) is 4.78. The summed E-state index contributed by atoms with van der Waals surface area (Å²) in [5.41, 5.74) is 7.35. The first-order valence-corrected chi connectivity index (χ1v) is 6.42. The number of benzene rings is 1. The van der Waals surface area contributed by atoms with Crippen LogP contribution in [0.5, 0.6) is 0 Å². The van der Waals surface area contributed by atoms with Crippen LogP contribution in [-0.2, 0) is 20.7 Å². The second kappa shape index (κ2) is 6.02. The number of hydrogen-bond donors (Lipinski definition) is 2. The Morgan fingerprint density at radius 3 is 2.85 bits per heavy atom. The highest BCUT2D eigenvalue weighted by molar-refractivity contribution is 5.88. The summed E-state index contributed by atoms with van der Waals surface area (Å²) in [4.78, 5) is 25.1. The predicted octanol–water partition coefficient (Wildman–Crippen LogP) is 0.171. The summed E-state index contributed by atoms with van der Waals surface area (Å²) >= 11 is 0. The van der Waals surface area contributed by atoms with Gasteiger partial charge < -0.3 is 20.5 Å². The number of methoxy groups -OCH3 is 1. The number of carboxylic acid groups (broad SMARTS) is 1. The lowest BCUT2D eigenvalue weighted by Gasteiger charge is -2.36. The van der Waals surface area contributed by atoms with E-state index in [1.807, 2.05) is 12.1 Å². The first-order chi connectivity index (χ1) is 9.56. The minimum absolute atomic E-state index is 0.0727. The van der Waals surface area contributed by atoms with Crippen LogP contribution in [0.15, 0.2) is 24.3 Å². The molecule has 0 bridgehead atoms. The van der Waals surface area contributed by atoms with Crippen LogP contribution in [-0.4, -0.2) is 48.2 Å². The van der Waals surface area contributed by atoms with Crippen molar-refractivity contribution in [2.45, 2.75) is 18.5 Å². The molecule has 20 heavy (non-hydrogen) atoms. The normalized spacial score (nSPS) is 19.3. The van der Waals surface area contributed by atoms with E-state index in [-0.39, 0.29) is 6.61 Å². The third-order valence-electron chi connectivity index (χ3n) is 3.46. The van der Waals surface area contributed by atoms with E-state index in [9.17, 15) is 14.7 Å². The zero-order valence-corrected chi connectivity index (χ0v) is 11.3. The van der Waals surface area contributed by atoms with E-state index >= 15 is 0 Å². The van der Waals surface area contributed by atoms with E-state index in [1.165, 1.54) is 12.0 Å². The molecule has 1 aliphatic rings. The highest BCUT2D eigenvalue weighted by atomic mass is 16.5. The molecule has 0 fully saturated rings. The number of nitrogens with zero attached hydrogens (tertiary/aromatic N) is 1. The van der Waals surface area contributed by atoms with Crippen molar-refractivity contribution in [1.29, 1.82) is 0 Å². The van der Waals surface area contributed by atoms with Crippen LogP contribution in [0, 0.1) is 0 Å². The molecular formula is C14H18N2O4. The van der Waals surface area contributed by atoms with Crippen molar-refractivity contribution in [2.75, 3.05) is 20.3 Å². The lowest BCUT2D eigenvalue weighted by Crippen LogP contribution is -2.51. The van der Waals surface area contributed by atoms with Gasteiger partial charge >= 0.3 is 5.97 Å². The Kier molecular flexibility index (Phi) is 4.36. The maximum absolute atomic E-state index is 12.3. The average molecular weight is 278 g/mol. The molecule has 2 unspecified atom stereocenters. The molecule has 0 saturated heterocycles. The van der Waals surface area contributed by atoms with Gasteiger partial charge in [-0.25, -0.2) is 4.79 Å². The largest absolute Gasteiger partial charge is 0.479 e. The molecule has 0 aliphatic carbocycles. The van der Waals surface area contributed by atoms with Crippen molar-refractivity contribution < 1.29 is 19.4 Å². The van der Waals surface area contributed by atoms with E-state index in [0.717, 1.165) is 5.56 Å². The number of rotatable bonds is 4. The molecule has 6 nitrogen and oxygen atoms in total. The van der Waals surface area contributed by atoms with Crippen LogP contribution in [0.25, 0.3) is 0 Å². The maximum Gasteiger partial charge on any atom is 0.331 e. The zero-order valence-electron chi connectivity index (χ0n) is 11.3. The summed E-state index contributed by atoms with van der Waals surface area (Å²) < 4.78 is 4.86. The summed E-state index contributed by atoms with van der Waals surface area (Å²) in [6, 6.07) is 5.46. The van der Waals surface area contributed by atoms with E-state index in [2.05, 4.69) is 0 Å². The van der Waals surface area contributed by atoms with Gasteiger partial charge in [0.25, 0.3) is 0 Å². The Labute approximate surface area is 117 Å². The Morgan fingerprint density at radius 1 is 1.50 bits per heavy atom. The number of ether oxygens (including phenoxy) is 1. The van der Waals surface area contributed by atoms with E-state index in [1.54, 1.807) is 12.1 Å². The van der Waals surface area contributed by atoms with Crippen LogP contribution in [0.2, 0.25) is 0 Å². The fourth-order valence-corrected chi connectivity index (χ4v) is 2.53. The van der Waals surface area contributed by atoms with Crippen LogP contribution in [0.4, 0.5) is 0 Å². The third kappa shape index (κ3) is 2.66. The van der Waals surface area contributed by atoms with Crippen LogP contribution in [0.1, 0.15) is 17.2 Å². The first kappa shape index (κ1) is 14.5. The number of amides is 1. The highest BCUT2D eigenvalue weighted by Crippen LogP contribution is 2.30. The molecule has 1 aromatic rings. The minimum Gasteiger partial charge on any atom is -0.479 e. The number of carbonyl (C=O) groups is 2. The van der Waals surface area contributed by atoms with Gasteiger partial charge in [0.1, 0.15) is 6.04 Å². The van der Waals surface area contributed by atoms with Gasteiger partial charge in [-0.2, -0.15) is 0 Å². The highest BCUT2D eigenvalue weighted by Gasteiger charge is 2.37. The molecule has 3 N–H and O–H groups in total. The second-order valence-corrected chi connectivity index (χ2v) is 4.78. The number of hydrogen-bond acceptors (Lipinski definition) is 4. The lowest BCUT2D eigenvalue weighted by atomic mass is 9.92. The van der Waals surface area contributed by atoms with Crippen molar-refractivity contribution in [3.63, 3.8) is 0 Å². The quantitative estimate of drug-likeness (QED) is 0.819. The topological polar surface area (TPSA) is 92.9 Å². The molecular weight excluding hydrogens is 260 g/mol. The molecule has 6 heteroatoms. The van der Waals surface area contributed by atoms with E-state index < -0.39 is 24.0 Å². The van der Waals surface area contributed by atoms with Gasteiger partial charge in [0, 0.05) is 13.7 Å². The first-order valence-electron chi connectivity index (χ1n) is 6.42. The Morgan fingerprint density at radius 2 is 2.20 bits per heavy atom. The average Bonchev–Trinajstić information content (AvgIpc) is 2.45. The Hall–Kier alpha value is -1.92. The fraction of sp³-hybridized carbons (Fsp3) is 0.429. The number of carbonyl (C=O) groups excluding carboxylic acids is 1. The van der Waals surface area contributed by atoms with Crippen molar-refractivity contribution in [2.24, 2.45) is 5.73 Å². The maximum atomic E-state index is 12.3. The van der Waals surface area contributed by atoms with Crippen molar-refractivity contribution in [3.8, 4) is 0 Å². The summed E-state index contributed by atoms with van der Waals surface area (Å²) in [6.07, 6.45) is 0.630. The number of nitrogens with two attached hydrogens (primary N) is 1. The molecule has 0 saturated carbocycles. The number of carboxylic acids is 1. The van der Waals surface area contributed by atoms with Gasteiger partial charge in [-0.05, 0) is 17.5 Å². The summed E-state index contributed by atoms with van der Waals surface area (Å²) in [5.74, 6) is -1.44. The molecule has 0 aromatic heterocycles. The molecule has 2 rings (SSSR count). The Bertz CT molecular complexity index is 518. The minimum atomic E-state index is -1.05. The molecule has 1 heterocycles. The van der Waals surface area contributed by atoms with Gasteiger partial charge in [0.2, 0.25) is 5.91 Å². The number of aliphatic carboxylic acids is 1. The molecule has 0 spiro atoms. The predicted molar refractivity (Wildman–Crippen MR) is 72.1 cm³/mol. The smallest absolute Gasteiger partial charge is 0.331 e. The number of fused-ring (bicyclic) bond motifs is 1. The molecule has 0 radical (unpaired) electrons. The third-order valence-corrected chi connectivity index (χ3v) is 3.46. The lowest BCUT2D eigenvalue weighted by molar-refractivity contribution is -0.152. The van der Waals surface area contributed by atoms with Crippen molar-refractivity contribution >= 4 is 11.9 Å². The van der Waals surface area contributed by atoms with Gasteiger partial charge in [-0.3, -0.25) is 4.79 Å². The van der Waals surface area contributed by atoms with Gasteiger partial charge in [-0.1, -0.05) is 24.3 Å². The fourth-order valence-electron chi connectivity index (χ4n) is 2.53. The summed E-state index contributed by atoms with van der Waals surface area (Å²) in [7, 11) is 1.45. The van der Waals surface area contributed by atoms with Crippen molar-refractivity contribution in [1.82, 2.24) is 4.90 Å². The monoisotopic (exact) mass is 278 g/mol. The summed E-state index contributed by atoms with van der Waals surface area (Å²) in [6.45, 7) is 0.424. The summed E-state index contributed by atoms with van der Waals surface area (Å²) in [5, 5.41) is 9.45. The van der Waals surface area contributed by atoms with Crippen molar-refractivity contribution in [3.05, 3.63) is 35.4 Å². The van der Waals surface area contributed by atoms with E-state index in [4.69, 9.17) is 10.5 Å². The molecule has 1 amide bonds. The van der Waals surface area contributed by atoms with Crippen LogP contribution < -0.4 is 5.73 Å². The Balaban J connectivity index is 2.31. The standard InChI is InChI=1S/C14H18N2O4/c1-20-8-11(15)13(17)16-7-6-9-4-2-3-5-10(9)12(16)14(18)19/h2-5,11-12H,6-8,15H2,1H3,(H,18,19). The van der Waals surface area contributed by atoms with Gasteiger partial charge in [0.15, 0.2) is 6.04 Å². The molecule has 1 aromatic carbocycles. The van der Waals surface area contributed by atoms with E-state index in [0.29, 0.717) is 18.5 Å². The molecule has 108 valence electrons. The van der Waals surface area contributed by atoms with Gasteiger partial charge in [0.05, 0.1) is 6.61 Å². The molecule has 1 aliphatic heterocycles. The van der Waals surface area contributed by atoms with Crippen LogP contribution >= 0.6 is 0 Å².